The van der Waals surface area contributed by atoms with Crippen LogP contribution in [0.3, 0.4) is 0 Å². The van der Waals surface area contributed by atoms with E-state index in [9.17, 15) is 4.39 Å². The first-order chi connectivity index (χ1) is 8.16. The van der Waals surface area contributed by atoms with Crippen molar-refractivity contribution >= 4 is 24.3 Å². The van der Waals surface area contributed by atoms with Crippen LogP contribution in [0.15, 0.2) is 35.7 Å². The van der Waals surface area contributed by atoms with Crippen LogP contribution in [0.1, 0.15) is 5.56 Å². The molecule has 0 saturated heterocycles. The van der Waals surface area contributed by atoms with Crippen molar-refractivity contribution < 1.29 is 14.4 Å². The third-order valence-electron chi connectivity index (χ3n) is 2.22. The molecule has 0 bridgehead atoms. The van der Waals surface area contributed by atoms with Gasteiger partial charge in [0.1, 0.15) is 5.82 Å². The van der Waals surface area contributed by atoms with Gasteiger partial charge in [-0.3, -0.25) is 0 Å². The molecule has 0 fully saturated rings. The van der Waals surface area contributed by atoms with Gasteiger partial charge in [-0.05, 0) is 23.2 Å². The SMILES string of the molecule is OB(O)c1cc(F)ccc1CSc1ncc[nH]1. The van der Waals surface area contributed by atoms with Crippen LogP contribution in [-0.2, 0) is 5.75 Å². The van der Waals surface area contributed by atoms with Crippen molar-refractivity contribution in [1.29, 1.82) is 0 Å². The van der Waals surface area contributed by atoms with Crippen molar-refractivity contribution in [3.63, 3.8) is 0 Å². The van der Waals surface area contributed by atoms with Gasteiger partial charge < -0.3 is 15.0 Å². The maximum absolute atomic E-state index is 13.0. The third-order valence-corrected chi connectivity index (χ3v) is 3.18. The second-order valence-corrected chi connectivity index (χ2v) is 4.36. The van der Waals surface area contributed by atoms with Gasteiger partial charge in [0.25, 0.3) is 0 Å². The second-order valence-electron chi connectivity index (χ2n) is 3.40. The van der Waals surface area contributed by atoms with E-state index in [1.165, 1.54) is 17.8 Å². The van der Waals surface area contributed by atoms with E-state index >= 15 is 0 Å². The van der Waals surface area contributed by atoms with Crippen LogP contribution in [0, 0.1) is 5.82 Å². The summed E-state index contributed by atoms with van der Waals surface area (Å²) in [5, 5.41) is 19.0. The summed E-state index contributed by atoms with van der Waals surface area (Å²) in [6.45, 7) is 0. The Morgan fingerprint density at radius 2 is 2.24 bits per heavy atom. The molecule has 17 heavy (non-hydrogen) atoms. The van der Waals surface area contributed by atoms with Crippen LogP contribution in [0.5, 0.6) is 0 Å². The van der Waals surface area contributed by atoms with Gasteiger partial charge in [0, 0.05) is 18.1 Å². The Labute approximate surface area is 102 Å². The number of imidazole rings is 1. The highest BCUT2D eigenvalue weighted by Gasteiger charge is 2.17. The summed E-state index contributed by atoms with van der Waals surface area (Å²) >= 11 is 1.41. The summed E-state index contributed by atoms with van der Waals surface area (Å²) in [5.74, 6) is 0.000601. The maximum Gasteiger partial charge on any atom is 0.488 e. The van der Waals surface area contributed by atoms with Gasteiger partial charge in [-0.25, -0.2) is 9.37 Å². The molecular weight excluding hydrogens is 242 g/mol. The predicted octanol–water partition coefficient (Wildman–Crippen LogP) is 0.521. The molecule has 1 heterocycles. The van der Waals surface area contributed by atoms with Crippen molar-refractivity contribution in [2.45, 2.75) is 10.9 Å². The lowest BCUT2D eigenvalue weighted by Gasteiger charge is -2.07. The Bertz CT molecular complexity index is 493. The zero-order chi connectivity index (χ0) is 12.3. The molecule has 0 aliphatic carbocycles. The lowest BCUT2D eigenvalue weighted by atomic mass is 9.77. The molecule has 2 aromatic rings. The fourth-order valence-corrected chi connectivity index (χ4v) is 2.26. The van der Waals surface area contributed by atoms with Crippen molar-refractivity contribution in [2.24, 2.45) is 0 Å². The lowest BCUT2D eigenvalue weighted by molar-refractivity contribution is 0.425. The Morgan fingerprint density at radius 3 is 2.88 bits per heavy atom. The molecule has 7 heteroatoms. The highest BCUT2D eigenvalue weighted by molar-refractivity contribution is 7.98. The van der Waals surface area contributed by atoms with Crippen LogP contribution in [0.25, 0.3) is 0 Å². The minimum Gasteiger partial charge on any atom is -0.423 e. The minimum absolute atomic E-state index is 0.184. The topological polar surface area (TPSA) is 69.1 Å². The summed E-state index contributed by atoms with van der Waals surface area (Å²) in [7, 11) is -1.67. The molecule has 88 valence electrons. The number of thioether (sulfide) groups is 1. The first kappa shape index (κ1) is 12.2. The molecule has 0 aliphatic heterocycles. The molecule has 0 amide bonds. The molecule has 0 saturated carbocycles. The van der Waals surface area contributed by atoms with Gasteiger partial charge in [0.15, 0.2) is 5.16 Å². The largest absolute Gasteiger partial charge is 0.488 e. The summed E-state index contributed by atoms with van der Waals surface area (Å²) in [5.41, 5.74) is 0.854. The van der Waals surface area contributed by atoms with Gasteiger partial charge in [0.2, 0.25) is 0 Å². The van der Waals surface area contributed by atoms with Crippen LogP contribution in [-0.4, -0.2) is 27.1 Å². The van der Waals surface area contributed by atoms with Crippen LogP contribution in [0.2, 0.25) is 0 Å². The Kier molecular flexibility index (Phi) is 3.83. The van der Waals surface area contributed by atoms with E-state index in [0.29, 0.717) is 11.3 Å². The molecule has 0 atom stereocenters. The zero-order valence-corrected chi connectivity index (χ0v) is 9.62. The number of aromatic nitrogens is 2. The highest BCUT2D eigenvalue weighted by atomic mass is 32.2. The van der Waals surface area contributed by atoms with Gasteiger partial charge >= 0.3 is 7.12 Å². The number of benzene rings is 1. The minimum atomic E-state index is -1.67. The third kappa shape index (κ3) is 3.09. The van der Waals surface area contributed by atoms with E-state index < -0.39 is 12.9 Å². The number of H-pyrrole nitrogens is 1. The Balaban J connectivity index is 2.14. The zero-order valence-electron chi connectivity index (χ0n) is 8.80. The standard InChI is InChI=1S/C10H10BFN2O2S/c12-8-2-1-7(9(5-8)11(15)16)6-17-10-13-3-4-14-10/h1-5,15-16H,6H2,(H,13,14). The van der Waals surface area contributed by atoms with Crippen molar-refractivity contribution in [2.75, 3.05) is 0 Å². The molecule has 3 N–H and O–H groups in total. The van der Waals surface area contributed by atoms with E-state index in [-0.39, 0.29) is 5.46 Å². The number of aromatic amines is 1. The number of hydrogen-bond donors (Lipinski definition) is 3. The van der Waals surface area contributed by atoms with Crippen molar-refractivity contribution in [3.8, 4) is 0 Å². The average molecular weight is 252 g/mol. The Hall–Kier alpha value is -1.31. The lowest BCUT2D eigenvalue weighted by Crippen LogP contribution is -2.33. The first-order valence-electron chi connectivity index (χ1n) is 4.93. The van der Waals surface area contributed by atoms with E-state index in [1.807, 2.05) is 0 Å². The molecule has 1 aromatic carbocycles. The average Bonchev–Trinajstić information content (AvgIpc) is 2.80. The van der Waals surface area contributed by atoms with Gasteiger partial charge in [-0.2, -0.15) is 0 Å². The van der Waals surface area contributed by atoms with Crippen molar-refractivity contribution in [3.05, 3.63) is 42.0 Å². The molecule has 1 aromatic heterocycles. The number of rotatable bonds is 4. The normalized spacial score (nSPS) is 10.5. The quantitative estimate of drug-likeness (QED) is 0.548. The monoisotopic (exact) mass is 252 g/mol. The fraction of sp³-hybridized carbons (Fsp3) is 0.100. The number of hydrogen-bond acceptors (Lipinski definition) is 4. The summed E-state index contributed by atoms with van der Waals surface area (Å²) < 4.78 is 13.0. The highest BCUT2D eigenvalue weighted by Crippen LogP contribution is 2.18. The van der Waals surface area contributed by atoms with E-state index in [0.717, 1.165) is 11.2 Å². The number of nitrogens with zero attached hydrogens (tertiary/aromatic N) is 1. The fourth-order valence-electron chi connectivity index (χ4n) is 1.41. The van der Waals surface area contributed by atoms with Crippen molar-refractivity contribution in [1.82, 2.24) is 9.97 Å². The molecule has 0 radical (unpaired) electrons. The number of halogens is 1. The van der Waals surface area contributed by atoms with Gasteiger partial charge in [-0.15, -0.1) is 0 Å². The summed E-state index contributed by atoms with van der Waals surface area (Å²) in [6.07, 6.45) is 3.34. The van der Waals surface area contributed by atoms with Crippen LogP contribution in [0.4, 0.5) is 4.39 Å². The number of nitrogens with one attached hydrogen (secondary N) is 1. The summed E-state index contributed by atoms with van der Waals surface area (Å²) in [6, 6.07) is 3.96. The predicted molar refractivity (Wildman–Crippen MR) is 64.4 cm³/mol. The van der Waals surface area contributed by atoms with E-state index in [2.05, 4.69) is 9.97 Å². The molecule has 0 aliphatic rings. The molecule has 0 spiro atoms. The molecule has 4 nitrogen and oxygen atoms in total. The molecular formula is C10H10BFN2O2S. The molecule has 0 unspecified atom stereocenters. The Morgan fingerprint density at radius 1 is 1.41 bits per heavy atom. The second kappa shape index (κ2) is 5.35. The van der Waals surface area contributed by atoms with Crippen LogP contribution >= 0.6 is 11.8 Å². The van der Waals surface area contributed by atoms with Gasteiger partial charge in [-0.1, -0.05) is 17.8 Å². The smallest absolute Gasteiger partial charge is 0.423 e. The maximum atomic E-state index is 13.0. The van der Waals surface area contributed by atoms with E-state index in [1.54, 1.807) is 18.5 Å². The summed E-state index contributed by atoms with van der Waals surface area (Å²) in [4.78, 5) is 6.95. The van der Waals surface area contributed by atoms with E-state index in [4.69, 9.17) is 10.0 Å². The molecule has 2 rings (SSSR count). The first-order valence-corrected chi connectivity index (χ1v) is 5.92. The van der Waals surface area contributed by atoms with Gasteiger partial charge in [0.05, 0.1) is 0 Å². The van der Waals surface area contributed by atoms with Crippen LogP contribution < -0.4 is 5.46 Å².